The van der Waals surface area contributed by atoms with Crippen LogP contribution < -0.4 is 0 Å². The first-order chi connectivity index (χ1) is 8.13. The van der Waals surface area contributed by atoms with Gasteiger partial charge >= 0.3 is 0 Å². The van der Waals surface area contributed by atoms with Gasteiger partial charge in [-0.05, 0) is 71.6 Å². The highest BCUT2D eigenvalue weighted by Crippen LogP contribution is 2.32. The van der Waals surface area contributed by atoms with Crippen LogP contribution in [0.25, 0.3) is 0 Å². The second kappa shape index (κ2) is 5.68. The summed E-state index contributed by atoms with van der Waals surface area (Å²) in [4.78, 5) is 5.48. The molecule has 0 amide bonds. The Kier molecular flexibility index (Phi) is 4.45. The number of hydrogen-bond donors (Lipinski definition) is 0. The van der Waals surface area contributed by atoms with E-state index >= 15 is 0 Å². The summed E-state index contributed by atoms with van der Waals surface area (Å²) in [5, 5.41) is 1.47. The van der Waals surface area contributed by atoms with E-state index in [0.29, 0.717) is 5.66 Å². The Bertz CT molecular complexity index is 249. The lowest BCUT2D eigenvalue weighted by atomic mass is 10.0. The lowest BCUT2D eigenvalue weighted by molar-refractivity contribution is -0.0246. The zero-order chi connectivity index (χ0) is 12.3. The molecule has 2 aliphatic rings. The third kappa shape index (κ3) is 3.01. The zero-order valence-electron chi connectivity index (χ0n) is 11.7. The van der Waals surface area contributed by atoms with E-state index in [2.05, 4.69) is 23.3 Å². The molecule has 17 heavy (non-hydrogen) atoms. The summed E-state index contributed by atoms with van der Waals surface area (Å²) >= 11 is 0. The number of nitrogens with zero attached hydrogens (tertiary/aromatic N) is 2. The van der Waals surface area contributed by atoms with Crippen molar-refractivity contribution in [1.82, 2.24) is 9.80 Å². The van der Waals surface area contributed by atoms with E-state index in [9.17, 15) is 0 Å². The van der Waals surface area contributed by atoms with E-state index in [1.165, 1.54) is 69.9 Å². The van der Waals surface area contributed by atoms with Crippen LogP contribution in [0, 0.1) is 0 Å². The molecular weight excluding hydrogens is 224 g/mol. The molecule has 0 spiro atoms. The molecule has 2 fully saturated rings. The highest BCUT2D eigenvalue weighted by atomic mass is 28.1. The predicted molar refractivity (Wildman–Crippen MR) is 78.3 cm³/mol. The molecule has 98 valence electrons. The molecule has 0 aromatic carbocycles. The van der Waals surface area contributed by atoms with Crippen LogP contribution in [0.15, 0.2) is 11.8 Å². The van der Waals surface area contributed by atoms with E-state index < -0.39 is 0 Å². The molecule has 2 rings (SSSR count). The summed E-state index contributed by atoms with van der Waals surface area (Å²) < 4.78 is 0. The smallest absolute Gasteiger partial charge is 0.0711 e. The number of likely N-dealkylation sites (tertiary alicyclic amines) is 2. The summed E-state index contributed by atoms with van der Waals surface area (Å²) in [6, 6.07) is 0. The van der Waals surface area contributed by atoms with Crippen molar-refractivity contribution in [2.75, 3.05) is 26.2 Å². The fourth-order valence-corrected chi connectivity index (χ4v) is 3.61. The molecule has 0 unspecified atom stereocenters. The summed E-state index contributed by atoms with van der Waals surface area (Å²) in [6.07, 6.45) is 8.10. The maximum Gasteiger partial charge on any atom is 0.0711 e. The van der Waals surface area contributed by atoms with Crippen molar-refractivity contribution in [3.8, 4) is 0 Å². The molecule has 0 N–H and O–H groups in total. The van der Waals surface area contributed by atoms with Crippen LogP contribution in [-0.2, 0) is 0 Å². The zero-order valence-corrected chi connectivity index (χ0v) is 13.7. The summed E-state index contributed by atoms with van der Waals surface area (Å²) in [6.45, 7) is 11.8. The SMILES string of the molecule is C=C([SiH3])CCC(C)(N1CCCC1)N1CCCC1. The van der Waals surface area contributed by atoms with Crippen molar-refractivity contribution < 1.29 is 0 Å². The van der Waals surface area contributed by atoms with Crippen LogP contribution in [0.1, 0.15) is 45.4 Å². The van der Waals surface area contributed by atoms with Crippen molar-refractivity contribution in [2.45, 2.75) is 51.1 Å². The van der Waals surface area contributed by atoms with Gasteiger partial charge in [-0.15, -0.1) is 6.58 Å². The first-order valence-corrected chi connectivity index (χ1v) is 8.27. The molecular formula is C14H28N2Si. The van der Waals surface area contributed by atoms with E-state index in [0.717, 1.165) is 10.2 Å². The molecule has 0 aromatic heterocycles. The van der Waals surface area contributed by atoms with E-state index in [4.69, 9.17) is 0 Å². The summed E-state index contributed by atoms with van der Waals surface area (Å²) in [5.41, 5.74) is 0.320. The molecule has 0 aliphatic carbocycles. The van der Waals surface area contributed by atoms with Crippen LogP contribution >= 0.6 is 0 Å². The molecule has 0 radical (unpaired) electrons. The fourth-order valence-electron chi connectivity index (χ4n) is 3.36. The van der Waals surface area contributed by atoms with Crippen molar-refractivity contribution in [3.05, 3.63) is 11.8 Å². The third-order valence-electron chi connectivity index (χ3n) is 4.60. The molecule has 2 aliphatic heterocycles. The van der Waals surface area contributed by atoms with Gasteiger partial charge in [0.1, 0.15) is 0 Å². The highest BCUT2D eigenvalue weighted by Gasteiger charge is 2.39. The van der Waals surface area contributed by atoms with Gasteiger partial charge in [-0.25, -0.2) is 0 Å². The number of hydrogen-bond acceptors (Lipinski definition) is 2. The summed E-state index contributed by atoms with van der Waals surface area (Å²) in [5.74, 6) is 0. The highest BCUT2D eigenvalue weighted by molar-refractivity contribution is 6.21. The van der Waals surface area contributed by atoms with E-state index in [1.54, 1.807) is 0 Å². The van der Waals surface area contributed by atoms with Crippen LogP contribution in [0.5, 0.6) is 0 Å². The van der Waals surface area contributed by atoms with Crippen LogP contribution in [0.2, 0.25) is 0 Å². The Labute approximate surface area is 109 Å². The first-order valence-electron chi connectivity index (χ1n) is 7.27. The lowest BCUT2D eigenvalue weighted by Gasteiger charge is -2.46. The van der Waals surface area contributed by atoms with Gasteiger partial charge in [0.25, 0.3) is 0 Å². The lowest BCUT2D eigenvalue weighted by Crippen LogP contribution is -2.56. The maximum absolute atomic E-state index is 4.14. The molecule has 2 nitrogen and oxygen atoms in total. The Hall–Kier alpha value is -0.123. The van der Waals surface area contributed by atoms with Gasteiger partial charge in [-0.3, -0.25) is 9.80 Å². The van der Waals surface area contributed by atoms with Gasteiger partial charge in [0, 0.05) is 10.2 Å². The Morgan fingerprint density at radius 1 is 1.06 bits per heavy atom. The topological polar surface area (TPSA) is 6.48 Å². The first kappa shape index (κ1) is 13.3. The summed E-state index contributed by atoms with van der Waals surface area (Å²) in [7, 11) is 1.16. The van der Waals surface area contributed by atoms with Crippen molar-refractivity contribution in [1.29, 1.82) is 0 Å². The van der Waals surface area contributed by atoms with Crippen molar-refractivity contribution in [2.24, 2.45) is 0 Å². The standard InChI is InChI=1S/C14H28N2Si/c1-13(17)7-8-14(2,15-9-3-4-10-15)16-11-5-6-12-16/h1,3-12H2,2,17H3. The molecule has 0 bridgehead atoms. The average Bonchev–Trinajstić information content (AvgIpc) is 2.97. The van der Waals surface area contributed by atoms with Crippen LogP contribution in [0.3, 0.4) is 0 Å². The minimum atomic E-state index is 0.320. The van der Waals surface area contributed by atoms with Gasteiger partial charge in [-0.2, -0.15) is 0 Å². The average molecular weight is 252 g/mol. The van der Waals surface area contributed by atoms with Gasteiger partial charge in [0.2, 0.25) is 0 Å². The van der Waals surface area contributed by atoms with Crippen molar-refractivity contribution >= 4 is 10.2 Å². The Morgan fingerprint density at radius 3 is 1.82 bits per heavy atom. The largest absolute Gasteiger partial charge is 0.286 e. The molecule has 0 aromatic rings. The van der Waals surface area contributed by atoms with Crippen LogP contribution in [0.4, 0.5) is 0 Å². The predicted octanol–water partition coefficient (Wildman–Crippen LogP) is 1.55. The normalized spacial score (nSPS) is 23.6. The molecule has 2 saturated heterocycles. The van der Waals surface area contributed by atoms with E-state index in [-0.39, 0.29) is 0 Å². The maximum atomic E-state index is 4.14. The number of rotatable bonds is 5. The van der Waals surface area contributed by atoms with E-state index in [1.807, 2.05) is 0 Å². The minimum Gasteiger partial charge on any atom is -0.286 e. The molecule has 3 heteroatoms. The molecule has 0 saturated carbocycles. The Balaban J connectivity index is 2.05. The minimum absolute atomic E-state index is 0.320. The quantitative estimate of drug-likeness (QED) is 0.685. The van der Waals surface area contributed by atoms with Gasteiger partial charge in [-0.1, -0.05) is 5.20 Å². The van der Waals surface area contributed by atoms with Gasteiger partial charge in [0.15, 0.2) is 0 Å². The number of allylic oxidation sites excluding steroid dienone is 1. The Morgan fingerprint density at radius 2 is 1.47 bits per heavy atom. The fraction of sp³-hybridized carbons (Fsp3) is 0.857. The monoisotopic (exact) mass is 252 g/mol. The van der Waals surface area contributed by atoms with Crippen molar-refractivity contribution in [3.63, 3.8) is 0 Å². The third-order valence-corrected chi connectivity index (χ3v) is 5.10. The second-order valence-electron chi connectivity index (χ2n) is 6.06. The van der Waals surface area contributed by atoms with Gasteiger partial charge < -0.3 is 0 Å². The van der Waals surface area contributed by atoms with Gasteiger partial charge in [0.05, 0.1) is 5.66 Å². The molecule has 0 atom stereocenters. The second-order valence-corrected chi connectivity index (χ2v) is 7.48. The molecule has 2 heterocycles. The van der Waals surface area contributed by atoms with Crippen LogP contribution in [-0.4, -0.2) is 51.9 Å².